The van der Waals surface area contributed by atoms with E-state index in [0.717, 1.165) is 139 Å². The van der Waals surface area contributed by atoms with Crippen molar-refractivity contribution in [3.8, 4) is 39.4 Å². The number of imide groups is 2. The second kappa shape index (κ2) is 33.5. The summed E-state index contributed by atoms with van der Waals surface area (Å²) in [5.74, 6) is 0.543. The van der Waals surface area contributed by atoms with Gasteiger partial charge in [0.2, 0.25) is 0 Å². The van der Waals surface area contributed by atoms with Crippen molar-refractivity contribution in [3.63, 3.8) is 0 Å². The number of fused-ring (bicyclic) bond motifs is 8. The van der Waals surface area contributed by atoms with Gasteiger partial charge in [-0.3, -0.25) is 29.4 Å². The fourth-order valence-electron chi connectivity index (χ4n) is 20.3. The van der Waals surface area contributed by atoms with Crippen molar-refractivity contribution in [1.29, 1.82) is 5.26 Å². The van der Waals surface area contributed by atoms with E-state index in [1.165, 1.54) is 71.7 Å². The number of nitrogens with one attached hydrogen (secondary N) is 1. The average Bonchev–Trinajstić information content (AvgIpc) is 1.29. The second-order valence-corrected chi connectivity index (χ2v) is 35.5. The van der Waals surface area contributed by atoms with Gasteiger partial charge in [-0.25, -0.2) is 0 Å². The molecule has 4 unspecified atom stereocenters. The molecule has 0 radical (unpaired) electrons. The van der Waals surface area contributed by atoms with Gasteiger partial charge in [-0.15, -0.1) is 0 Å². The smallest absolute Gasteiger partial charge is 0.261 e. The van der Waals surface area contributed by atoms with Crippen LogP contribution in [0, 0.1) is 35.0 Å². The summed E-state index contributed by atoms with van der Waals surface area (Å²) in [6.07, 6.45) is 33.1. The molecule has 1 N–H and O–H groups in total. The van der Waals surface area contributed by atoms with Crippen molar-refractivity contribution in [2.75, 3.05) is 6.54 Å². The maximum absolute atomic E-state index is 14.9. The zero-order chi connectivity index (χ0) is 85.0. The maximum atomic E-state index is 14.9. The summed E-state index contributed by atoms with van der Waals surface area (Å²) in [5, 5.41) is 19.1. The van der Waals surface area contributed by atoms with Gasteiger partial charge < -0.3 is 0 Å². The molecule has 123 heavy (non-hydrogen) atoms. The molecule has 2 heterocycles. The minimum absolute atomic E-state index is 0.184. The highest BCUT2D eigenvalue weighted by Gasteiger charge is 2.47. The SMILES string of the molecule is C=Cc1ccc(C=Cc2ccc(C=Cc3ccc(C=Cc4ccc(C=Cc5ccc(C=Cc6ccc7c(c6)C(CC(C)CC)(CC(C)CC)c6cc(-c8ccc9c(c8)C(CC(C)CC)(CC(C)CC)c8cc(CCCN%10C(=O)c%11ccc%12c%13ccc%14c%15c(ccc(c%16ccc(c%11c%12%16)C%10=O)c%15%13)C(=O)NC%14=O)ccc8-9)ccc6-7)cc5)cc4)cc3C#N)cc2)cc1. The fourth-order valence-corrected chi connectivity index (χ4v) is 20.3. The van der Waals surface area contributed by atoms with Crippen LogP contribution in [0.3, 0.4) is 0 Å². The Morgan fingerprint density at radius 2 is 0.667 bits per heavy atom. The Morgan fingerprint density at radius 1 is 0.350 bits per heavy atom. The number of nitrogens with zero attached hydrogens (tertiary/aromatic N) is 2. The first-order valence-electron chi connectivity index (χ1n) is 44.3. The lowest BCUT2D eigenvalue weighted by Crippen LogP contribution is -2.41. The number of hydrogen-bond acceptors (Lipinski definition) is 5. The van der Waals surface area contributed by atoms with E-state index < -0.39 is 11.8 Å². The Morgan fingerprint density at radius 3 is 1.07 bits per heavy atom. The molecule has 7 nitrogen and oxygen atoms in total. The molecule has 0 saturated carbocycles. The van der Waals surface area contributed by atoms with Crippen molar-refractivity contribution in [1.82, 2.24) is 10.2 Å². The lowest BCUT2D eigenvalue weighted by Gasteiger charge is -2.37. The van der Waals surface area contributed by atoms with E-state index in [9.17, 15) is 24.4 Å². The van der Waals surface area contributed by atoms with Gasteiger partial charge in [0, 0.05) is 50.4 Å². The molecule has 14 aromatic rings. The molecule has 2 aliphatic carbocycles. The summed E-state index contributed by atoms with van der Waals surface area (Å²) in [6.45, 7) is 23.3. The summed E-state index contributed by atoms with van der Waals surface area (Å²) in [7, 11) is 0. The van der Waals surface area contributed by atoms with Crippen LogP contribution in [0.4, 0.5) is 0 Å². The van der Waals surface area contributed by atoms with E-state index in [4.69, 9.17) is 0 Å². The van der Waals surface area contributed by atoms with Crippen LogP contribution < -0.4 is 5.32 Å². The Labute approximate surface area is 723 Å². The zero-order valence-electron chi connectivity index (χ0n) is 71.7. The molecule has 4 aliphatic rings. The fraction of sp³-hybridized carbons (Fsp3) is 0.216. The lowest BCUT2D eigenvalue weighted by atomic mass is 9.66. The van der Waals surface area contributed by atoms with E-state index in [-0.39, 0.29) is 29.2 Å². The molecule has 7 heteroatoms. The Hall–Kier alpha value is -13.4. The summed E-state index contributed by atoms with van der Waals surface area (Å²) in [4.78, 5) is 57.4. The molecule has 14 aromatic carbocycles. The number of hydrogen-bond donors (Lipinski definition) is 1. The minimum Gasteiger partial charge on any atom is -0.288 e. The van der Waals surface area contributed by atoms with Crippen LogP contribution in [0.5, 0.6) is 0 Å². The third-order valence-electron chi connectivity index (χ3n) is 27.6. The van der Waals surface area contributed by atoms with Gasteiger partial charge in [-0.1, -0.05) is 349 Å². The first-order valence-corrected chi connectivity index (χ1v) is 44.3. The molecule has 0 saturated heterocycles. The van der Waals surface area contributed by atoms with Crippen molar-refractivity contribution in [2.45, 2.75) is 130 Å². The van der Waals surface area contributed by atoms with Crippen LogP contribution in [0.2, 0.25) is 0 Å². The third-order valence-corrected chi connectivity index (χ3v) is 27.6. The monoisotopic (exact) mass is 1600 g/mol. The lowest BCUT2D eigenvalue weighted by molar-refractivity contribution is 0.0607. The molecule has 4 amide bonds. The predicted octanol–water partition coefficient (Wildman–Crippen LogP) is 29.2. The van der Waals surface area contributed by atoms with Gasteiger partial charge in [0.1, 0.15) is 0 Å². The second-order valence-electron chi connectivity index (χ2n) is 35.5. The summed E-state index contributed by atoms with van der Waals surface area (Å²) >= 11 is 0. The zero-order valence-corrected chi connectivity index (χ0v) is 71.7. The van der Waals surface area contributed by atoms with Gasteiger partial charge >= 0.3 is 0 Å². The molecule has 2 aliphatic heterocycles. The van der Waals surface area contributed by atoms with E-state index in [2.05, 4.69) is 304 Å². The molecule has 0 aromatic heterocycles. The van der Waals surface area contributed by atoms with Crippen LogP contribution in [0.25, 0.3) is 143 Å². The molecular weight excluding hydrogens is 1500 g/mol. The van der Waals surface area contributed by atoms with Crippen LogP contribution in [0.1, 0.15) is 249 Å². The molecular formula is C116H103N3O4. The third kappa shape index (κ3) is 15.0. The average molecular weight is 1600 g/mol. The first kappa shape index (κ1) is 80.6. The van der Waals surface area contributed by atoms with E-state index in [1.807, 2.05) is 60.7 Å². The maximum Gasteiger partial charge on any atom is 0.261 e. The summed E-state index contributed by atoms with van der Waals surface area (Å²) < 4.78 is 0. The Kier molecular flexibility index (Phi) is 22.0. The van der Waals surface area contributed by atoms with E-state index >= 15 is 0 Å². The topological polar surface area (TPSA) is 107 Å². The van der Waals surface area contributed by atoms with Crippen LogP contribution in [-0.2, 0) is 17.3 Å². The molecule has 0 spiro atoms. The molecule has 18 rings (SSSR count). The number of benzene rings is 14. The van der Waals surface area contributed by atoms with Crippen molar-refractivity contribution in [3.05, 3.63) is 360 Å². The Bertz CT molecular complexity index is 6650. The van der Waals surface area contributed by atoms with Crippen molar-refractivity contribution >= 4 is 134 Å². The first-order chi connectivity index (χ1) is 59.9. The number of nitriles is 1. The Balaban J connectivity index is 0.563. The number of carbonyl (C=O) groups is 4. The molecule has 0 bridgehead atoms. The highest BCUT2D eigenvalue weighted by Crippen LogP contribution is 2.60. The molecule has 4 atom stereocenters. The molecule has 0 fully saturated rings. The van der Waals surface area contributed by atoms with Crippen LogP contribution in [-0.4, -0.2) is 35.1 Å². The summed E-state index contributed by atoms with van der Waals surface area (Å²) in [5.41, 5.74) is 28.9. The number of carbonyl (C=O) groups excluding carboxylic acids is 4. The highest BCUT2D eigenvalue weighted by atomic mass is 16.2. The van der Waals surface area contributed by atoms with Gasteiger partial charge in [-0.05, 0) is 259 Å². The largest absolute Gasteiger partial charge is 0.288 e. The van der Waals surface area contributed by atoms with E-state index in [0.29, 0.717) is 75.1 Å². The van der Waals surface area contributed by atoms with Crippen molar-refractivity contribution in [2.24, 2.45) is 23.7 Å². The van der Waals surface area contributed by atoms with Crippen LogP contribution >= 0.6 is 0 Å². The standard InChI is InChI=1S/C116H103N3O4/c1-10-72(6)67-115(68-73(7)11-2)103-63-84(16-15-61-119-113(122)101-59-55-97-95-53-57-99-109-100(112(121)118-111(99)120)58-54-96(107(95)109)98-56-60-102(114(119)123)110(101)108(97)98)43-49-91(103)93-51-47-88(65-105(93)115)89-48-52-94-92-50-44-86(64-104(92)116(106(94)66-89,69-74(8)12-3)70-75(9)13-4)40-38-82-31-27-79(28-32-82)24-23-78-25-29-81(30-26-78)37-39-85-42-46-87(90(62-85)71-117)45-41-83-35-33-80(34-36-83)22-21-77-19-17-76(14-5)18-20-77/h14,17-60,62-66,72-75H,5,10-13,15-16,61,67-70H2,1-4,6-9H3,(H,118,120,121). The quantitative estimate of drug-likeness (QED) is 0.0227. The normalized spacial score (nSPS) is 16.9. The van der Waals surface area contributed by atoms with Gasteiger partial charge in [0.25, 0.3) is 23.6 Å². The van der Waals surface area contributed by atoms with Gasteiger partial charge in [0.15, 0.2) is 0 Å². The van der Waals surface area contributed by atoms with E-state index in [1.54, 1.807) is 12.1 Å². The molecule has 606 valence electrons. The van der Waals surface area contributed by atoms with Crippen LogP contribution in [0.15, 0.2) is 243 Å². The number of amides is 4. The predicted molar refractivity (Wildman–Crippen MR) is 515 cm³/mol. The minimum atomic E-state index is -0.416. The highest BCUT2D eigenvalue weighted by molar-refractivity contribution is 6.41. The number of rotatable bonds is 28. The number of aryl methyl sites for hydroxylation is 1. The van der Waals surface area contributed by atoms with Gasteiger partial charge in [-0.2, -0.15) is 5.26 Å². The summed E-state index contributed by atoms with van der Waals surface area (Å²) in [6, 6.07) is 86.9. The van der Waals surface area contributed by atoms with Crippen molar-refractivity contribution < 1.29 is 19.2 Å². The van der Waals surface area contributed by atoms with Gasteiger partial charge in [0.05, 0.1) is 11.6 Å².